The van der Waals surface area contributed by atoms with E-state index in [0.29, 0.717) is 30.3 Å². The standard InChI is InChI=1S/C25H26F2N4O2/c1-4-14(2)17-11-22(23-18(26)7-5-8-19(23)27)30-31-24(17)15(3)20-9-6-10-21(29-20)25(32)28-16-12-33-13-16/h5-11,14-16H,4,12-13H2,1-3H3,(H,28,32)/t14-,15?/m1/s1. The highest BCUT2D eigenvalue weighted by atomic mass is 19.1. The fraction of sp³-hybridized carbons (Fsp3) is 0.360. The number of nitrogens with one attached hydrogen (secondary N) is 1. The van der Waals surface area contributed by atoms with Gasteiger partial charge in [-0.25, -0.2) is 13.8 Å². The summed E-state index contributed by atoms with van der Waals surface area (Å²) in [5.74, 6) is -1.82. The van der Waals surface area contributed by atoms with Crippen LogP contribution in [0.3, 0.4) is 0 Å². The summed E-state index contributed by atoms with van der Waals surface area (Å²) in [7, 11) is 0. The molecule has 1 N–H and O–H groups in total. The molecule has 2 atom stereocenters. The van der Waals surface area contributed by atoms with E-state index in [1.165, 1.54) is 18.2 Å². The van der Waals surface area contributed by atoms with E-state index in [0.717, 1.165) is 12.0 Å². The number of hydrogen-bond donors (Lipinski definition) is 1. The smallest absolute Gasteiger partial charge is 0.270 e. The van der Waals surface area contributed by atoms with Gasteiger partial charge >= 0.3 is 0 Å². The lowest BCUT2D eigenvalue weighted by Gasteiger charge is -2.26. The van der Waals surface area contributed by atoms with Crippen LogP contribution in [0.5, 0.6) is 0 Å². The SMILES string of the molecule is CC[C@@H](C)c1cc(-c2c(F)cccc2F)nnc1C(C)c1cccc(C(=O)NC2COC2)n1. The summed E-state index contributed by atoms with van der Waals surface area (Å²) in [5, 5.41) is 11.4. The fourth-order valence-electron chi connectivity index (χ4n) is 3.77. The van der Waals surface area contributed by atoms with E-state index in [4.69, 9.17) is 4.74 Å². The van der Waals surface area contributed by atoms with Crippen LogP contribution < -0.4 is 5.32 Å². The zero-order chi connectivity index (χ0) is 23.5. The third kappa shape index (κ3) is 4.75. The Morgan fingerprint density at radius 1 is 1.12 bits per heavy atom. The van der Waals surface area contributed by atoms with Crippen molar-refractivity contribution in [2.24, 2.45) is 0 Å². The van der Waals surface area contributed by atoms with Crippen molar-refractivity contribution in [3.05, 3.63) is 76.7 Å². The molecule has 0 bridgehead atoms. The van der Waals surface area contributed by atoms with Gasteiger partial charge in [-0.2, -0.15) is 10.2 Å². The van der Waals surface area contributed by atoms with Crippen molar-refractivity contribution in [2.45, 2.75) is 45.1 Å². The van der Waals surface area contributed by atoms with Crippen LogP contribution in [0.25, 0.3) is 11.3 Å². The number of carbonyl (C=O) groups is 1. The lowest BCUT2D eigenvalue weighted by atomic mass is 9.89. The second-order valence-electron chi connectivity index (χ2n) is 8.35. The minimum absolute atomic E-state index is 0.00887. The number of ether oxygens (including phenoxy) is 1. The van der Waals surface area contributed by atoms with Crippen molar-refractivity contribution in [1.82, 2.24) is 20.5 Å². The molecule has 8 heteroatoms. The number of hydrogen-bond acceptors (Lipinski definition) is 5. The van der Waals surface area contributed by atoms with Crippen LogP contribution in [0.2, 0.25) is 0 Å². The molecule has 3 heterocycles. The van der Waals surface area contributed by atoms with Crippen LogP contribution in [0.1, 0.15) is 66.5 Å². The van der Waals surface area contributed by atoms with Crippen LogP contribution >= 0.6 is 0 Å². The monoisotopic (exact) mass is 452 g/mol. The van der Waals surface area contributed by atoms with Crippen LogP contribution in [-0.4, -0.2) is 40.3 Å². The second-order valence-corrected chi connectivity index (χ2v) is 8.35. The molecule has 0 aliphatic carbocycles. The van der Waals surface area contributed by atoms with Crippen LogP contribution in [0.4, 0.5) is 8.78 Å². The molecule has 0 saturated carbocycles. The topological polar surface area (TPSA) is 77.0 Å². The quantitative estimate of drug-likeness (QED) is 0.567. The van der Waals surface area contributed by atoms with Crippen molar-refractivity contribution >= 4 is 5.91 Å². The maximum Gasteiger partial charge on any atom is 0.270 e. The van der Waals surface area contributed by atoms with E-state index >= 15 is 0 Å². The molecule has 33 heavy (non-hydrogen) atoms. The summed E-state index contributed by atoms with van der Waals surface area (Å²) in [6.45, 7) is 7.02. The van der Waals surface area contributed by atoms with E-state index in [-0.39, 0.29) is 35.0 Å². The summed E-state index contributed by atoms with van der Waals surface area (Å²) in [6, 6.07) is 10.7. The van der Waals surface area contributed by atoms with E-state index in [1.54, 1.807) is 18.2 Å². The van der Waals surface area contributed by atoms with Gasteiger partial charge in [-0.15, -0.1) is 0 Å². The Morgan fingerprint density at radius 2 is 1.82 bits per heavy atom. The molecular formula is C25H26F2N4O2. The first kappa shape index (κ1) is 22.9. The van der Waals surface area contributed by atoms with Gasteiger partial charge in [0.2, 0.25) is 0 Å². The van der Waals surface area contributed by atoms with E-state index < -0.39 is 11.6 Å². The number of carbonyl (C=O) groups excluding carboxylic acids is 1. The van der Waals surface area contributed by atoms with Gasteiger partial charge in [0.05, 0.1) is 41.9 Å². The van der Waals surface area contributed by atoms with Gasteiger partial charge < -0.3 is 10.1 Å². The van der Waals surface area contributed by atoms with Gasteiger partial charge in [0.15, 0.2) is 0 Å². The van der Waals surface area contributed by atoms with E-state index in [9.17, 15) is 13.6 Å². The number of aromatic nitrogens is 3. The molecular weight excluding hydrogens is 426 g/mol. The van der Waals surface area contributed by atoms with E-state index in [2.05, 4.69) is 20.5 Å². The molecule has 1 aliphatic heterocycles. The Labute approximate surface area is 191 Å². The number of rotatable bonds is 7. The Balaban J connectivity index is 1.69. The van der Waals surface area contributed by atoms with Crippen LogP contribution in [0, 0.1) is 11.6 Å². The number of halogens is 2. The Morgan fingerprint density at radius 3 is 2.45 bits per heavy atom. The minimum atomic E-state index is -0.683. The molecule has 0 spiro atoms. The zero-order valence-corrected chi connectivity index (χ0v) is 18.8. The lowest BCUT2D eigenvalue weighted by Crippen LogP contribution is -2.48. The van der Waals surface area contributed by atoms with Gasteiger partial charge in [-0.05, 0) is 48.2 Å². The molecule has 172 valence electrons. The Bertz CT molecular complexity index is 1150. The van der Waals surface area contributed by atoms with Crippen molar-refractivity contribution < 1.29 is 18.3 Å². The number of nitrogens with zero attached hydrogens (tertiary/aromatic N) is 3. The predicted molar refractivity (Wildman–Crippen MR) is 120 cm³/mol. The fourth-order valence-corrected chi connectivity index (χ4v) is 3.77. The summed E-state index contributed by atoms with van der Waals surface area (Å²) in [5.41, 5.74) is 2.46. The first-order valence-corrected chi connectivity index (χ1v) is 11.1. The largest absolute Gasteiger partial charge is 0.377 e. The van der Waals surface area contributed by atoms with Gasteiger partial charge in [0.1, 0.15) is 17.3 Å². The third-order valence-corrected chi connectivity index (χ3v) is 6.05. The molecule has 1 amide bonds. The second kappa shape index (κ2) is 9.70. The average molecular weight is 453 g/mol. The highest BCUT2D eigenvalue weighted by molar-refractivity contribution is 5.92. The molecule has 1 unspecified atom stereocenters. The maximum atomic E-state index is 14.4. The Hall–Kier alpha value is -3.26. The summed E-state index contributed by atoms with van der Waals surface area (Å²) >= 11 is 0. The van der Waals surface area contributed by atoms with Gasteiger partial charge in [0, 0.05) is 5.92 Å². The van der Waals surface area contributed by atoms with Crippen molar-refractivity contribution in [1.29, 1.82) is 0 Å². The molecule has 1 aliphatic rings. The van der Waals surface area contributed by atoms with Gasteiger partial charge in [-0.1, -0.05) is 32.9 Å². The summed E-state index contributed by atoms with van der Waals surface area (Å²) in [6.07, 6.45) is 0.809. The molecule has 3 aromatic rings. The summed E-state index contributed by atoms with van der Waals surface area (Å²) < 4.78 is 33.8. The minimum Gasteiger partial charge on any atom is -0.377 e. The summed E-state index contributed by atoms with van der Waals surface area (Å²) in [4.78, 5) is 17.1. The molecule has 4 rings (SSSR count). The molecule has 2 aromatic heterocycles. The van der Waals surface area contributed by atoms with Crippen molar-refractivity contribution in [3.8, 4) is 11.3 Å². The third-order valence-electron chi connectivity index (χ3n) is 6.05. The maximum absolute atomic E-state index is 14.4. The average Bonchev–Trinajstić information content (AvgIpc) is 2.80. The first-order valence-electron chi connectivity index (χ1n) is 11.1. The first-order chi connectivity index (χ1) is 15.9. The number of amides is 1. The molecule has 6 nitrogen and oxygen atoms in total. The molecule has 1 fully saturated rings. The normalized spacial score (nSPS) is 15.5. The Kier molecular flexibility index (Phi) is 6.74. The van der Waals surface area contributed by atoms with Crippen LogP contribution in [-0.2, 0) is 4.74 Å². The van der Waals surface area contributed by atoms with Crippen molar-refractivity contribution in [2.75, 3.05) is 13.2 Å². The van der Waals surface area contributed by atoms with Gasteiger partial charge in [-0.3, -0.25) is 4.79 Å². The highest BCUT2D eigenvalue weighted by Crippen LogP contribution is 2.33. The van der Waals surface area contributed by atoms with Crippen LogP contribution in [0.15, 0.2) is 42.5 Å². The van der Waals surface area contributed by atoms with Crippen molar-refractivity contribution in [3.63, 3.8) is 0 Å². The number of benzene rings is 1. The zero-order valence-electron chi connectivity index (χ0n) is 18.8. The molecule has 1 aromatic carbocycles. The highest BCUT2D eigenvalue weighted by Gasteiger charge is 2.25. The van der Waals surface area contributed by atoms with E-state index in [1.807, 2.05) is 26.8 Å². The molecule has 1 saturated heterocycles. The number of pyridine rings is 1. The lowest BCUT2D eigenvalue weighted by molar-refractivity contribution is -0.00355. The predicted octanol–water partition coefficient (Wildman–Crippen LogP) is 4.61. The molecule has 0 radical (unpaired) electrons. The van der Waals surface area contributed by atoms with Gasteiger partial charge in [0.25, 0.3) is 5.91 Å².